The smallest absolute Gasteiger partial charge is 0.211 e. The van der Waals surface area contributed by atoms with Gasteiger partial charge in [-0.15, -0.1) is 0 Å². The predicted octanol–water partition coefficient (Wildman–Crippen LogP) is 0.0185. The van der Waals surface area contributed by atoms with Gasteiger partial charge in [0.2, 0.25) is 10.0 Å². The SMILES string of the molecule is CCCCS(=O)(=O)NCC(C)(O)CN(C)C. The standard InChI is InChI=1S/C10H24N2O3S/c1-5-6-7-16(14,15)11-8-10(2,13)9-12(3)4/h11,13H,5-9H2,1-4H3. The summed E-state index contributed by atoms with van der Waals surface area (Å²) in [7, 11) is 0.426. The van der Waals surface area contributed by atoms with E-state index in [1.807, 2.05) is 25.9 Å². The monoisotopic (exact) mass is 252 g/mol. The van der Waals surface area contributed by atoms with E-state index < -0.39 is 15.6 Å². The summed E-state index contributed by atoms with van der Waals surface area (Å²) in [6, 6.07) is 0. The summed E-state index contributed by atoms with van der Waals surface area (Å²) in [6.45, 7) is 4.04. The van der Waals surface area contributed by atoms with Crippen LogP contribution in [-0.4, -0.2) is 57.0 Å². The fourth-order valence-corrected chi connectivity index (χ4v) is 2.75. The van der Waals surface area contributed by atoms with E-state index in [2.05, 4.69) is 4.72 Å². The highest BCUT2D eigenvalue weighted by Crippen LogP contribution is 2.04. The molecule has 16 heavy (non-hydrogen) atoms. The summed E-state index contributed by atoms with van der Waals surface area (Å²) in [5, 5.41) is 9.91. The maximum Gasteiger partial charge on any atom is 0.211 e. The van der Waals surface area contributed by atoms with Gasteiger partial charge in [-0.05, 0) is 27.4 Å². The van der Waals surface area contributed by atoms with Crippen molar-refractivity contribution in [3.63, 3.8) is 0 Å². The molecule has 6 heteroatoms. The molecule has 0 bridgehead atoms. The molecule has 0 spiro atoms. The molecule has 0 aliphatic rings. The number of nitrogens with one attached hydrogen (secondary N) is 1. The van der Waals surface area contributed by atoms with Crippen molar-refractivity contribution in [3.8, 4) is 0 Å². The average molecular weight is 252 g/mol. The minimum Gasteiger partial charge on any atom is -0.387 e. The van der Waals surface area contributed by atoms with E-state index in [-0.39, 0.29) is 12.3 Å². The molecule has 0 aromatic heterocycles. The summed E-state index contributed by atoms with van der Waals surface area (Å²) in [4.78, 5) is 1.82. The Labute approximate surface area is 98.9 Å². The number of nitrogens with zero attached hydrogens (tertiary/aromatic N) is 1. The Balaban J connectivity index is 4.12. The second-order valence-corrected chi connectivity index (χ2v) is 6.65. The van der Waals surface area contributed by atoms with E-state index in [1.165, 1.54) is 0 Å². The van der Waals surface area contributed by atoms with Crippen molar-refractivity contribution in [2.45, 2.75) is 32.3 Å². The lowest BCUT2D eigenvalue weighted by molar-refractivity contribution is 0.0386. The highest BCUT2D eigenvalue weighted by molar-refractivity contribution is 7.89. The van der Waals surface area contributed by atoms with Crippen molar-refractivity contribution in [2.75, 3.05) is 32.9 Å². The zero-order valence-electron chi connectivity index (χ0n) is 10.7. The zero-order chi connectivity index (χ0) is 12.8. The number of aliphatic hydroxyl groups is 1. The van der Waals surface area contributed by atoms with Crippen LogP contribution in [0.4, 0.5) is 0 Å². The van der Waals surface area contributed by atoms with E-state index in [0.29, 0.717) is 13.0 Å². The van der Waals surface area contributed by atoms with E-state index in [4.69, 9.17) is 0 Å². The van der Waals surface area contributed by atoms with Crippen LogP contribution in [-0.2, 0) is 10.0 Å². The number of hydrogen-bond acceptors (Lipinski definition) is 4. The van der Waals surface area contributed by atoms with Crippen LogP contribution in [0, 0.1) is 0 Å². The number of unbranched alkanes of at least 4 members (excludes halogenated alkanes) is 1. The fourth-order valence-electron chi connectivity index (χ4n) is 1.41. The van der Waals surface area contributed by atoms with E-state index in [0.717, 1.165) is 6.42 Å². The van der Waals surface area contributed by atoms with Gasteiger partial charge in [0, 0.05) is 13.1 Å². The van der Waals surface area contributed by atoms with Crippen molar-refractivity contribution >= 4 is 10.0 Å². The van der Waals surface area contributed by atoms with Gasteiger partial charge in [-0.25, -0.2) is 13.1 Å². The molecule has 0 aliphatic heterocycles. The number of sulfonamides is 1. The topological polar surface area (TPSA) is 69.6 Å². The lowest BCUT2D eigenvalue weighted by Gasteiger charge is -2.26. The molecule has 0 aromatic rings. The van der Waals surface area contributed by atoms with Crippen molar-refractivity contribution in [3.05, 3.63) is 0 Å². The minimum absolute atomic E-state index is 0.0528. The number of likely N-dealkylation sites (N-methyl/N-ethyl adjacent to an activating group) is 1. The van der Waals surface area contributed by atoms with Crippen LogP contribution >= 0.6 is 0 Å². The van der Waals surface area contributed by atoms with Crippen LogP contribution in [0.3, 0.4) is 0 Å². The third-order valence-electron chi connectivity index (χ3n) is 2.10. The Hall–Kier alpha value is -0.170. The molecule has 0 radical (unpaired) electrons. The Morgan fingerprint density at radius 1 is 1.38 bits per heavy atom. The van der Waals surface area contributed by atoms with Crippen LogP contribution in [0.5, 0.6) is 0 Å². The number of rotatable bonds is 8. The molecular formula is C10H24N2O3S. The predicted molar refractivity (Wildman–Crippen MR) is 65.9 cm³/mol. The first-order chi connectivity index (χ1) is 7.18. The summed E-state index contributed by atoms with van der Waals surface area (Å²) in [5.41, 5.74) is -1.04. The third-order valence-corrected chi connectivity index (χ3v) is 3.51. The number of hydrogen-bond donors (Lipinski definition) is 2. The van der Waals surface area contributed by atoms with E-state index in [1.54, 1.807) is 6.92 Å². The van der Waals surface area contributed by atoms with Crippen LogP contribution in [0.15, 0.2) is 0 Å². The maximum atomic E-state index is 11.5. The van der Waals surface area contributed by atoms with Gasteiger partial charge in [0.25, 0.3) is 0 Å². The maximum absolute atomic E-state index is 11.5. The molecule has 0 rings (SSSR count). The molecule has 1 unspecified atom stereocenters. The molecular weight excluding hydrogens is 228 g/mol. The normalized spacial score (nSPS) is 16.4. The van der Waals surface area contributed by atoms with Crippen molar-refractivity contribution in [1.29, 1.82) is 0 Å². The first-order valence-electron chi connectivity index (χ1n) is 5.53. The Bertz CT molecular complexity index is 286. The van der Waals surface area contributed by atoms with E-state index >= 15 is 0 Å². The van der Waals surface area contributed by atoms with Crippen LogP contribution in [0.25, 0.3) is 0 Å². The van der Waals surface area contributed by atoms with Gasteiger partial charge < -0.3 is 10.0 Å². The van der Waals surface area contributed by atoms with Crippen molar-refractivity contribution < 1.29 is 13.5 Å². The second kappa shape index (κ2) is 6.54. The molecule has 0 aliphatic carbocycles. The summed E-state index contributed by atoms with van der Waals surface area (Å²) < 4.78 is 25.4. The second-order valence-electron chi connectivity index (χ2n) is 4.73. The molecule has 0 heterocycles. The first kappa shape index (κ1) is 15.8. The zero-order valence-corrected chi connectivity index (χ0v) is 11.5. The molecule has 1 atom stereocenters. The molecule has 98 valence electrons. The van der Waals surface area contributed by atoms with Crippen LogP contribution in [0.1, 0.15) is 26.7 Å². The fraction of sp³-hybridized carbons (Fsp3) is 1.00. The molecule has 5 nitrogen and oxygen atoms in total. The van der Waals surface area contributed by atoms with Crippen molar-refractivity contribution in [1.82, 2.24) is 9.62 Å². The summed E-state index contributed by atoms with van der Waals surface area (Å²) in [6.07, 6.45) is 1.49. The Morgan fingerprint density at radius 3 is 2.38 bits per heavy atom. The first-order valence-corrected chi connectivity index (χ1v) is 7.18. The lowest BCUT2D eigenvalue weighted by Crippen LogP contribution is -2.47. The molecule has 0 amide bonds. The van der Waals surface area contributed by atoms with E-state index in [9.17, 15) is 13.5 Å². The van der Waals surface area contributed by atoms with Gasteiger partial charge in [0.15, 0.2) is 0 Å². The lowest BCUT2D eigenvalue weighted by atomic mass is 10.1. The Morgan fingerprint density at radius 2 is 1.94 bits per heavy atom. The van der Waals surface area contributed by atoms with Crippen LogP contribution in [0.2, 0.25) is 0 Å². The average Bonchev–Trinajstić information content (AvgIpc) is 2.10. The van der Waals surface area contributed by atoms with Gasteiger partial charge in [-0.1, -0.05) is 13.3 Å². The van der Waals surface area contributed by atoms with Gasteiger partial charge in [0.05, 0.1) is 11.4 Å². The quantitative estimate of drug-likeness (QED) is 0.639. The van der Waals surface area contributed by atoms with Gasteiger partial charge in [-0.2, -0.15) is 0 Å². The largest absolute Gasteiger partial charge is 0.387 e. The molecule has 0 fully saturated rings. The summed E-state index contributed by atoms with van der Waals surface area (Å²) >= 11 is 0. The van der Waals surface area contributed by atoms with Gasteiger partial charge >= 0.3 is 0 Å². The van der Waals surface area contributed by atoms with Gasteiger partial charge in [0.1, 0.15) is 0 Å². The minimum atomic E-state index is -3.24. The third kappa shape index (κ3) is 8.04. The molecule has 2 N–H and O–H groups in total. The molecule has 0 aromatic carbocycles. The summed E-state index contributed by atoms with van der Waals surface area (Å²) in [5.74, 6) is 0.127. The highest BCUT2D eigenvalue weighted by Gasteiger charge is 2.23. The van der Waals surface area contributed by atoms with Crippen LogP contribution < -0.4 is 4.72 Å². The van der Waals surface area contributed by atoms with Gasteiger partial charge in [-0.3, -0.25) is 0 Å². The molecule has 0 saturated heterocycles. The Kier molecular flexibility index (Phi) is 6.47. The van der Waals surface area contributed by atoms with Crippen molar-refractivity contribution in [2.24, 2.45) is 0 Å². The highest BCUT2D eigenvalue weighted by atomic mass is 32.2. The molecule has 0 saturated carbocycles.